The molecule has 3 N–H and O–H groups in total. The molecule has 0 saturated carbocycles. The predicted molar refractivity (Wildman–Crippen MR) is 45.9 cm³/mol. The second kappa shape index (κ2) is 3.76. The van der Waals surface area contributed by atoms with Gasteiger partial charge in [0.2, 0.25) is 0 Å². The monoisotopic (exact) mass is 219 g/mol. The number of nitrogens with one attached hydrogen (secondary N) is 1. The summed E-state index contributed by atoms with van der Waals surface area (Å²) in [4.78, 5) is 16.9. The molecular weight excluding hydrogens is 210 g/mol. The summed E-state index contributed by atoms with van der Waals surface area (Å²) in [5.74, 6) is -0.822. The van der Waals surface area contributed by atoms with Crippen molar-refractivity contribution in [2.45, 2.75) is 11.9 Å². The molecule has 78 valence electrons. The normalized spacial score (nSPS) is 11.3. The third-order valence-corrected chi connectivity index (χ3v) is 2.24. The van der Waals surface area contributed by atoms with Crippen LogP contribution in [-0.2, 0) is 14.8 Å². The predicted octanol–water partition coefficient (Wildman–Crippen LogP) is -0.766. The van der Waals surface area contributed by atoms with Crippen LogP contribution in [0.15, 0.2) is 11.4 Å². The van der Waals surface area contributed by atoms with Crippen LogP contribution >= 0.6 is 0 Å². The highest BCUT2D eigenvalue weighted by molar-refractivity contribution is 7.89. The summed E-state index contributed by atoms with van der Waals surface area (Å²) in [7, 11) is -3.97. The molecule has 7 nitrogen and oxygen atoms in total. The molecule has 0 spiro atoms. The van der Waals surface area contributed by atoms with Crippen LogP contribution in [0.25, 0.3) is 0 Å². The standard InChI is InChI=1S/C6H9N3O4S/c1-2-13-6(10)4-5(9-3-8-4)14(7,11)12/h3H,2H2,1H3,(H,8,9)(H2,7,11,12). The zero-order valence-electron chi connectivity index (χ0n) is 7.35. The van der Waals surface area contributed by atoms with Gasteiger partial charge >= 0.3 is 5.97 Å². The Kier molecular flexibility index (Phi) is 2.87. The van der Waals surface area contributed by atoms with Gasteiger partial charge in [-0.1, -0.05) is 0 Å². The Labute approximate surface area is 80.3 Å². The molecular formula is C6H9N3O4S. The van der Waals surface area contributed by atoms with E-state index in [9.17, 15) is 13.2 Å². The molecule has 0 aliphatic carbocycles. The van der Waals surface area contributed by atoms with Crippen LogP contribution in [0.4, 0.5) is 0 Å². The lowest BCUT2D eigenvalue weighted by Crippen LogP contribution is -2.18. The van der Waals surface area contributed by atoms with Crippen LogP contribution in [0.1, 0.15) is 17.4 Å². The molecule has 0 fully saturated rings. The van der Waals surface area contributed by atoms with Crippen molar-refractivity contribution in [2.24, 2.45) is 5.14 Å². The summed E-state index contributed by atoms with van der Waals surface area (Å²) in [6.45, 7) is 1.73. The average Bonchev–Trinajstić information content (AvgIpc) is 2.50. The van der Waals surface area contributed by atoms with Gasteiger partial charge in [0.1, 0.15) is 0 Å². The minimum absolute atomic E-state index is 0.135. The molecule has 8 heteroatoms. The fourth-order valence-corrected chi connectivity index (χ4v) is 1.47. The number of nitrogens with two attached hydrogens (primary N) is 1. The van der Waals surface area contributed by atoms with Crippen molar-refractivity contribution >= 4 is 16.0 Å². The van der Waals surface area contributed by atoms with Gasteiger partial charge in [0, 0.05) is 0 Å². The van der Waals surface area contributed by atoms with Crippen molar-refractivity contribution in [3.8, 4) is 0 Å². The number of esters is 1. The first-order chi connectivity index (χ1) is 6.46. The van der Waals surface area contributed by atoms with Crippen molar-refractivity contribution in [3.05, 3.63) is 12.0 Å². The number of aromatic amines is 1. The van der Waals surface area contributed by atoms with Crippen LogP contribution in [-0.4, -0.2) is 31.0 Å². The molecule has 0 bridgehead atoms. The van der Waals surface area contributed by atoms with E-state index in [1.54, 1.807) is 6.92 Å². The van der Waals surface area contributed by atoms with Gasteiger partial charge in [-0.3, -0.25) is 0 Å². The largest absolute Gasteiger partial charge is 0.461 e. The number of carbonyl (C=O) groups is 1. The second-order valence-electron chi connectivity index (χ2n) is 2.35. The highest BCUT2D eigenvalue weighted by Gasteiger charge is 2.23. The maximum Gasteiger partial charge on any atom is 0.359 e. The number of ether oxygens (including phenoxy) is 1. The summed E-state index contributed by atoms with van der Waals surface area (Å²) >= 11 is 0. The zero-order valence-corrected chi connectivity index (χ0v) is 8.17. The van der Waals surface area contributed by atoms with E-state index >= 15 is 0 Å². The summed E-state index contributed by atoms with van der Waals surface area (Å²) in [6, 6.07) is 0. The first-order valence-corrected chi connectivity index (χ1v) is 5.24. The fraction of sp³-hybridized carbons (Fsp3) is 0.333. The van der Waals surface area contributed by atoms with Crippen LogP contribution in [0.2, 0.25) is 0 Å². The summed E-state index contributed by atoms with van der Waals surface area (Å²) in [6.07, 6.45) is 1.06. The number of H-pyrrole nitrogens is 1. The SMILES string of the molecule is CCOC(=O)c1nc[nH]c1S(N)(=O)=O. The summed E-state index contributed by atoms with van der Waals surface area (Å²) < 4.78 is 26.4. The van der Waals surface area contributed by atoms with Gasteiger partial charge < -0.3 is 9.72 Å². The smallest absolute Gasteiger partial charge is 0.359 e. The quantitative estimate of drug-likeness (QED) is 0.648. The minimum atomic E-state index is -3.97. The molecule has 0 aliphatic heterocycles. The molecule has 0 radical (unpaired) electrons. The number of rotatable bonds is 3. The van der Waals surface area contributed by atoms with Gasteiger partial charge in [0.25, 0.3) is 10.0 Å². The van der Waals surface area contributed by atoms with Crippen molar-refractivity contribution in [1.82, 2.24) is 9.97 Å². The number of sulfonamides is 1. The average molecular weight is 219 g/mol. The Morgan fingerprint density at radius 2 is 2.36 bits per heavy atom. The lowest BCUT2D eigenvalue weighted by atomic mass is 10.5. The van der Waals surface area contributed by atoms with E-state index in [4.69, 9.17) is 5.14 Å². The van der Waals surface area contributed by atoms with Crippen molar-refractivity contribution in [1.29, 1.82) is 0 Å². The van der Waals surface area contributed by atoms with Crippen LogP contribution < -0.4 is 5.14 Å². The van der Waals surface area contributed by atoms with Crippen LogP contribution in [0.3, 0.4) is 0 Å². The van der Waals surface area contributed by atoms with E-state index in [0.29, 0.717) is 0 Å². The van der Waals surface area contributed by atoms with E-state index in [-0.39, 0.29) is 12.3 Å². The first-order valence-electron chi connectivity index (χ1n) is 3.70. The van der Waals surface area contributed by atoms with Gasteiger partial charge in [0.05, 0.1) is 12.9 Å². The van der Waals surface area contributed by atoms with Gasteiger partial charge in [-0.25, -0.2) is 23.3 Å². The number of imidazole rings is 1. The molecule has 14 heavy (non-hydrogen) atoms. The maximum atomic E-state index is 11.1. The van der Waals surface area contributed by atoms with E-state index in [1.807, 2.05) is 0 Å². The topological polar surface area (TPSA) is 115 Å². The van der Waals surface area contributed by atoms with Crippen molar-refractivity contribution in [2.75, 3.05) is 6.61 Å². The highest BCUT2D eigenvalue weighted by atomic mass is 32.2. The van der Waals surface area contributed by atoms with E-state index in [0.717, 1.165) is 6.33 Å². The first kappa shape index (κ1) is 10.7. The Morgan fingerprint density at radius 1 is 1.71 bits per heavy atom. The Balaban J connectivity index is 3.12. The number of primary sulfonamides is 1. The third kappa shape index (κ3) is 2.09. The Morgan fingerprint density at radius 3 is 2.86 bits per heavy atom. The molecule has 0 aromatic carbocycles. The van der Waals surface area contributed by atoms with Crippen molar-refractivity contribution in [3.63, 3.8) is 0 Å². The lowest BCUT2D eigenvalue weighted by Gasteiger charge is -1.99. The van der Waals surface area contributed by atoms with Gasteiger partial charge in [0.15, 0.2) is 10.7 Å². The van der Waals surface area contributed by atoms with Gasteiger partial charge in [-0.05, 0) is 6.92 Å². The van der Waals surface area contributed by atoms with Gasteiger partial charge in [-0.2, -0.15) is 0 Å². The molecule has 0 saturated heterocycles. The molecule has 0 aliphatic rings. The van der Waals surface area contributed by atoms with Crippen LogP contribution in [0, 0.1) is 0 Å². The minimum Gasteiger partial charge on any atom is -0.461 e. The Bertz CT molecular complexity index is 436. The maximum absolute atomic E-state index is 11.1. The Hall–Kier alpha value is -1.41. The molecule has 0 atom stereocenters. The number of hydrogen-bond acceptors (Lipinski definition) is 5. The molecule has 0 unspecified atom stereocenters. The highest BCUT2D eigenvalue weighted by Crippen LogP contribution is 2.09. The molecule has 1 heterocycles. The van der Waals surface area contributed by atoms with E-state index < -0.39 is 21.0 Å². The molecule has 0 amide bonds. The fourth-order valence-electron chi connectivity index (χ4n) is 0.844. The number of carbonyl (C=O) groups excluding carboxylic acids is 1. The van der Waals surface area contributed by atoms with Crippen molar-refractivity contribution < 1.29 is 17.9 Å². The third-order valence-electron chi connectivity index (χ3n) is 1.36. The number of nitrogens with zero attached hydrogens (tertiary/aromatic N) is 1. The summed E-state index contributed by atoms with van der Waals surface area (Å²) in [5.41, 5.74) is -0.325. The molecule has 1 rings (SSSR count). The van der Waals surface area contributed by atoms with E-state index in [2.05, 4.69) is 14.7 Å². The second-order valence-corrected chi connectivity index (χ2v) is 3.84. The summed E-state index contributed by atoms with van der Waals surface area (Å²) in [5, 5.41) is 4.39. The number of hydrogen-bond donors (Lipinski definition) is 2. The van der Waals surface area contributed by atoms with Crippen LogP contribution in [0.5, 0.6) is 0 Å². The zero-order chi connectivity index (χ0) is 10.8. The van der Waals surface area contributed by atoms with Gasteiger partial charge in [-0.15, -0.1) is 0 Å². The number of aromatic nitrogens is 2. The lowest BCUT2D eigenvalue weighted by molar-refractivity contribution is 0.0515. The van der Waals surface area contributed by atoms with E-state index in [1.165, 1.54) is 0 Å². The molecule has 1 aromatic heterocycles. The molecule has 1 aromatic rings.